The zero-order valence-corrected chi connectivity index (χ0v) is 11.8. The molecule has 6 heteroatoms. The maximum Gasteiger partial charge on any atom is 0.164 e. The third-order valence-electron chi connectivity index (χ3n) is 2.72. The summed E-state index contributed by atoms with van der Waals surface area (Å²) in [6.45, 7) is 6.83. The Morgan fingerprint density at radius 2 is 2.00 bits per heavy atom. The van der Waals surface area contributed by atoms with Gasteiger partial charge in [0, 0.05) is 11.1 Å². The van der Waals surface area contributed by atoms with Crippen LogP contribution in [0.25, 0.3) is 0 Å². The molecule has 0 saturated heterocycles. The second-order valence-corrected chi connectivity index (χ2v) is 5.67. The monoisotopic (exact) mass is 280 g/mol. The van der Waals surface area contributed by atoms with Crippen molar-refractivity contribution in [2.75, 3.05) is 0 Å². The molecule has 20 heavy (non-hydrogen) atoms. The van der Waals surface area contributed by atoms with Crippen molar-refractivity contribution in [3.63, 3.8) is 0 Å². The van der Waals surface area contributed by atoms with Gasteiger partial charge in [0.05, 0.1) is 13.1 Å². The molecule has 2 aromatic rings. The molecular weight excluding hydrogens is 262 g/mol. The summed E-state index contributed by atoms with van der Waals surface area (Å²) in [5, 5.41) is 7.50. The van der Waals surface area contributed by atoms with Crippen LogP contribution < -0.4 is 5.32 Å². The number of nitrogens with one attached hydrogen (secondary N) is 1. The predicted octanol–water partition coefficient (Wildman–Crippen LogP) is 2.49. The Bertz CT molecular complexity index is 587. The molecule has 0 atom stereocenters. The number of rotatable bonds is 4. The van der Waals surface area contributed by atoms with Crippen molar-refractivity contribution < 1.29 is 8.78 Å². The minimum atomic E-state index is -0.850. The molecule has 1 heterocycles. The second-order valence-electron chi connectivity index (χ2n) is 5.67. The number of halogens is 2. The van der Waals surface area contributed by atoms with Crippen LogP contribution in [0.3, 0.4) is 0 Å². The first-order valence-electron chi connectivity index (χ1n) is 6.41. The minimum absolute atomic E-state index is 0.0277. The van der Waals surface area contributed by atoms with Crippen molar-refractivity contribution in [2.24, 2.45) is 0 Å². The Balaban J connectivity index is 2.04. The maximum absolute atomic E-state index is 13.5. The molecule has 0 aliphatic rings. The quantitative estimate of drug-likeness (QED) is 0.935. The van der Waals surface area contributed by atoms with Crippen LogP contribution in [-0.2, 0) is 13.1 Å². The summed E-state index contributed by atoms with van der Waals surface area (Å²) in [5.74, 6) is -1.06. The summed E-state index contributed by atoms with van der Waals surface area (Å²) >= 11 is 0. The summed E-state index contributed by atoms with van der Waals surface area (Å²) in [6, 6.07) is 4.11. The van der Waals surface area contributed by atoms with Crippen LogP contribution in [-0.4, -0.2) is 20.3 Å². The van der Waals surface area contributed by atoms with Gasteiger partial charge in [-0.2, -0.15) is 5.10 Å². The summed E-state index contributed by atoms with van der Waals surface area (Å²) < 4.78 is 28.2. The van der Waals surface area contributed by atoms with Crippen LogP contribution in [0, 0.1) is 11.6 Å². The first-order chi connectivity index (χ1) is 9.35. The van der Waals surface area contributed by atoms with Gasteiger partial charge >= 0.3 is 0 Å². The average molecular weight is 280 g/mol. The molecule has 0 aliphatic heterocycles. The van der Waals surface area contributed by atoms with Gasteiger partial charge in [-0.1, -0.05) is 12.1 Å². The number of hydrogen-bond donors (Lipinski definition) is 1. The van der Waals surface area contributed by atoms with E-state index in [9.17, 15) is 8.78 Å². The molecule has 0 bridgehead atoms. The fourth-order valence-electron chi connectivity index (χ4n) is 1.68. The second kappa shape index (κ2) is 5.66. The number of nitrogens with zero attached hydrogens (tertiary/aromatic N) is 3. The van der Waals surface area contributed by atoms with Crippen molar-refractivity contribution in [3.8, 4) is 0 Å². The number of hydrogen-bond acceptors (Lipinski definition) is 3. The van der Waals surface area contributed by atoms with Gasteiger partial charge in [-0.15, -0.1) is 0 Å². The van der Waals surface area contributed by atoms with E-state index in [-0.39, 0.29) is 17.6 Å². The van der Waals surface area contributed by atoms with Gasteiger partial charge in [-0.25, -0.2) is 18.4 Å². The van der Waals surface area contributed by atoms with E-state index in [1.165, 1.54) is 23.1 Å². The molecular formula is C14H18F2N4. The topological polar surface area (TPSA) is 42.7 Å². The molecule has 0 saturated carbocycles. The molecule has 2 rings (SSSR count). The Hall–Kier alpha value is -1.82. The van der Waals surface area contributed by atoms with Crippen LogP contribution in [0.5, 0.6) is 0 Å². The van der Waals surface area contributed by atoms with E-state index in [1.807, 2.05) is 20.8 Å². The smallest absolute Gasteiger partial charge is 0.164 e. The minimum Gasteiger partial charge on any atom is -0.305 e. The van der Waals surface area contributed by atoms with E-state index in [2.05, 4.69) is 15.4 Å². The van der Waals surface area contributed by atoms with Gasteiger partial charge in [0.25, 0.3) is 0 Å². The predicted molar refractivity (Wildman–Crippen MR) is 72.1 cm³/mol. The lowest BCUT2D eigenvalue weighted by Gasteiger charge is -2.19. The fourth-order valence-corrected chi connectivity index (χ4v) is 1.68. The molecule has 0 aliphatic carbocycles. The van der Waals surface area contributed by atoms with Crippen molar-refractivity contribution >= 4 is 0 Å². The highest BCUT2D eigenvalue weighted by molar-refractivity contribution is 5.19. The van der Waals surface area contributed by atoms with Crippen LogP contribution in [0.2, 0.25) is 0 Å². The first kappa shape index (κ1) is 14.6. The molecule has 0 spiro atoms. The SMILES string of the molecule is CC(C)(C)NCc1ncn(Cc2cccc(F)c2F)n1. The van der Waals surface area contributed by atoms with Gasteiger partial charge in [-0.3, -0.25) is 0 Å². The summed E-state index contributed by atoms with van der Waals surface area (Å²) in [6.07, 6.45) is 1.52. The molecule has 0 radical (unpaired) electrons. The highest BCUT2D eigenvalue weighted by Gasteiger charge is 2.12. The summed E-state index contributed by atoms with van der Waals surface area (Å²) in [4.78, 5) is 4.14. The van der Waals surface area contributed by atoms with Gasteiger partial charge in [0.15, 0.2) is 17.5 Å². The van der Waals surface area contributed by atoms with Gasteiger partial charge in [-0.05, 0) is 26.8 Å². The van der Waals surface area contributed by atoms with E-state index < -0.39 is 11.6 Å². The van der Waals surface area contributed by atoms with Crippen LogP contribution in [0.4, 0.5) is 8.78 Å². The van der Waals surface area contributed by atoms with E-state index in [0.29, 0.717) is 12.4 Å². The van der Waals surface area contributed by atoms with Gasteiger partial charge in [0.1, 0.15) is 6.33 Å². The molecule has 0 unspecified atom stereocenters. The van der Waals surface area contributed by atoms with Crippen LogP contribution >= 0.6 is 0 Å². The third-order valence-corrected chi connectivity index (χ3v) is 2.72. The highest BCUT2D eigenvalue weighted by Crippen LogP contribution is 2.12. The van der Waals surface area contributed by atoms with E-state index in [1.54, 1.807) is 0 Å². The summed E-state index contributed by atoms with van der Waals surface area (Å²) in [7, 11) is 0. The molecule has 108 valence electrons. The van der Waals surface area contributed by atoms with E-state index in [0.717, 1.165) is 6.07 Å². The Morgan fingerprint density at radius 1 is 1.25 bits per heavy atom. The van der Waals surface area contributed by atoms with Crippen LogP contribution in [0.1, 0.15) is 32.2 Å². The van der Waals surface area contributed by atoms with E-state index in [4.69, 9.17) is 0 Å². The largest absolute Gasteiger partial charge is 0.305 e. The highest BCUT2D eigenvalue weighted by atomic mass is 19.2. The third kappa shape index (κ3) is 3.84. The Labute approximate surface area is 116 Å². The lowest BCUT2D eigenvalue weighted by Crippen LogP contribution is -2.35. The van der Waals surface area contributed by atoms with Crippen molar-refractivity contribution in [3.05, 3.63) is 47.5 Å². The van der Waals surface area contributed by atoms with Gasteiger partial charge in [0.2, 0.25) is 0 Å². The number of benzene rings is 1. The molecule has 4 nitrogen and oxygen atoms in total. The van der Waals surface area contributed by atoms with Crippen molar-refractivity contribution in [1.82, 2.24) is 20.1 Å². The molecule has 1 aromatic heterocycles. The molecule has 0 fully saturated rings. The standard InChI is InChI=1S/C14H18F2N4/c1-14(2,3)18-7-12-17-9-20(19-12)8-10-5-4-6-11(15)13(10)16/h4-6,9,18H,7-8H2,1-3H3. The lowest BCUT2D eigenvalue weighted by molar-refractivity contribution is 0.416. The number of aromatic nitrogens is 3. The average Bonchev–Trinajstić information content (AvgIpc) is 2.80. The normalized spacial score (nSPS) is 11.8. The molecule has 0 amide bonds. The fraction of sp³-hybridized carbons (Fsp3) is 0.429. The lowest BCUT2D eigenvalue weighted by atomic mass is 10.1. The molecule has 1 aromatic carbocycles. The Morgan fingerprint density at radius 3 is 2.70 bits per heavy atom. The molecule has 1 N–H and O–H groups in total. The maximum atomic E-state index is 13.5. The first-order valence-corrected chi connectivity index (χ1v) is 6.41. The van der Waals surface area contributed by atoms with Crippen molar-refractivity contribution in [2.45, 2.75) is 39.4 Å². The van der Waals surface area contributed by atoms with E-state index >= 15 is 0 Å². The Kier molecular flexibility index (Phi) is 4.13. The van der Waals surface area contributed by atoms with Gasteiger partial charge < -0.3 is 5.32 Å². The van der Waals surface area contributed by atoms with Crippen LogP contribution in [0.15, 0.2) is 24.5 Å². The van der Waals surface area contributed by atoms with Crippen molar-refractivity contribution in [1.29, 1.82) is 0 Å². The zero-order chi connectivity index (χ0) is 14.8. The zero-order valence-electron chi connectivity index (χ0n) is 11.8. The summed E-state index contributed by atoms with van der Waals surface area (Å²) in [5.41, 5.74) is 0.227.